The van der Waals surface area contributed by atoms with Gasteiger partial charge in [0.1, 0.15) is 11.4 Å². The van der Waals surface area contributed by atoms with E-state index in [-0.39, 0.29) is 35.3 Å². The number of hydrogen-bond donors (Lipinski definition) is 3. The van der Waals surface area contributed by atoms with Gasteiger partial charge in [0.05, 0.1) is 12.8 Å². The molecule has 0 radical (unpaired) electrons. The van der Waals surface area contributed by atoms with Crippen molar-refractivity contribution >= 4 is 41.7 Å². The molecule has 0 aromatic carbocycles. The van der Waals surface area contributed by atoms with Gasteiger partial charge in [0.2, 0.25) is 0 Å². The Kier molecular flexibility index (Phi) is 9.61. The van der Waals surface area contributed by atoms with Crippen molar-refractivity contribution in [3.8, 4) is 0 Å². The number of thioether (sulfide) groups is 1. The Morgan fingerprint density at radius 2 is 2.12 bits per heavy atom. The lowest BCUT2D eigenvalue weighted by atomic mass is 9.99. The lowest BCUT2D eigenvalue weighted by Gasteiger charge is -2.36. The highest BCUT2D eigenvalue weighted by Crippen LogP contribution is 2.33. The minimum Gasteiger partial charge on any atom is -0.466 e. The first-order valence-electron chi connectivity index (χ1n) is 8.43. The van der Waals surface area contributed by atoms with Gasteiger partial charge < -0.3 is 24.9 Å². The molecule has 144 valence electrons. The highest BCUT2D eigenvalue weighted by molar-refractivity contribution is 14.0. The maximum atomic E-state index is 10.5. The number of aliphatic imine (C=N–C) groups is 1. The fourth-order valence-corrected chi connectivity index (χ4v) is 3.47. The number of aliphatic hydroxyl groups is 1. The summed E-state index contributed by atoms with van der Waals surface area (Å²) in [6.07, 6.45) is 5.78. The topological polar surface area (TPSA) is 79.0 Å². The first-order chi connectivity index (χ1) is 11.5. The van der Waals surface area contributed by atoms with Gasteiger partial charge in [0.15, 0.2) is 5.96 Å². The SMILES string of the molecule is CCNC(=NCC(C)(O)c1ccco1)NCC1(SC)CCOCC1.I. The monoisotopic (exact) mass is 483 g/mol. The van der Waals surface area contributed by atoms with Crippen molar-refractivity contribution < 1.29 is 14.3 Å². The molecule has 0 saturated carbocycles. The van der Waals surface area contributed by atoms with Gasteiger partial charge in [0.25, 0.3) is 0 Å². The van der Waals surface area contributed by atoms with Crippen LogP contribution in [-0.4, -0.2) is 54.9 Å². The van der Waals surface area contributed by atoms with E-state index in [1.165, 1.54) is 0 Å². The average molecular weight is 483 g/mol. The molecule has 1 aromatic rings. The lowest BCUT2D eigenvalue weighted by molar-refractivity contribution is 0.0436. The highest BCUT2D eigenvalue weighted by Gasteiger charge is 2.32. The Morgan fingerprint density at radius 1 is 1.40 bits per heavy atom. The minimum absolute atomic E-state index is 0. The number of nitrogens with zero attached hydrogens (tertiary/aromatic N) is 1. The smallest absolute Gasteiger partial charge is 0.191 e. The van der Waals surface area contributed by atoms with Crippen LogP contribution in [0.15, 0.2) is 27.8 Å². The number of guanidine groups is 1. The van der Waals surface area contributed by atoms with Crippen molar-refractivity contribution in [1.82, 2.24) is 10.6 Å². The van der Waals surface area contributed by atoms with Gasteiger partial charge in [0, 0.05) is 31.1 Å². The largest absolute Gasteiger partial charge is 0.466 e. The van der Waals surface area contributed by atoms with E-state index in [1.807, 2.05) is 18.7 Å². The predicted molar refractivity (Wildman–Crippen MR) is 114 cm³/mol. The van der Waals surface area contributed by atoms with E-state index >= 15 is 0 Å². The van der Waals surface area contributed by atoms with Gasteiger partial charge in [-0.3, -0.25) is 0 Å². The number of rotatable bonds is 7. The zero-order valence-electron chi connectivity index (χ0n) is 15.2. The van der Waals surface area contributed by atoms with Gasteiger partial charge in [-0.2, -0.15) is 11.8 Å². The van der Waals surface area contributed by atoms with Crippen molar-refractivity contribution in [2.24, 2.45) is 4.99 Å². The van der Waals surface area contributed by atoms with Gasteiger partial charge in [-0.25, -0.2) is 4.99 Å². The number of furan rings is 1. The van der Waals surface area contributed by atoms with Crippen LogP contribution >= 0.6 is 35.7 Å². The summed E-state index contributed by atoms with van der Waals surface area (Å²) in [7, 11) is 0. The van der Waals surface area contributed by atoms with Crippen molar-refractivity contribution in [3.63, 3.8) is 0 Å². The third-order valence-corrected chi connectivity index (χ3v) is 5.77. The normalized spacial score (nSPS) is 19.6. The molecule has 1 aliphatic heterocycles. The molecule has 3 N–H and O–H groups in total. The maximum Gasteiger partial charge on any atom is 0.191 e. The summed E-state index contributed by atoms with van der Waals surface area (Å²) in [5, 5.41) is 17.2. The Hall–Kier alpha value is -0.450. The molecular formula is C17H30IN3O3S. The molecule has 6 nitrogen and oxygen atoms in total. The highest BCUT2D eigenvalue weighted by atomic mass is 127. The van der Waals surface area contributed by atoms with Crippen LogP contribution in [-0.2, 0) is 10.3 Å². The lowest BCUT2D eigenvalue weighted by Crippen LogP contribution is -2.48. The molecule has 2 rings (SSSR count). The summed E-state index contributed by atoms with van der Waals surface area (Å²) < 4.78 is 11.0. The molecule has 2 heterocycles. The van der Waals surface area contributed by atoms with Crippen LogP contribution in [0.4, 0.5) is 0 Å². The first-order valence-corrected chi connectivity index (χ1v) is 9.65. The standard InChI is InChI=1S/C17H29N3O3S.HI/c1-4-18-15(19-12-16(2,21)14-6-5-9-23-14)20-13-17(24-3)7-10-22-11-8-17;/h5-6,9,21H,4,7-8,10-13H2,1-3H3,(H2,18,19,20);1H. The molecule has 0 spiro atoms. The Bertz CT molecular complexity index is 517. The number of halogens is 1. The van der Waals surface area contributed by atoms with E-state index in [2.05, 4.69) is 21.9 Å². The second-order valence-corrected chi connectivity index (χ2v) is 7.57. The molecule has 1 atom stereocenters. The summed E-state index contributed by atoms with van der Waals surface area (Å²) in [5.74, 6) is 1.23. The fraction of sp³-hybridized carbons (Fsp3) is 0.706. The minimum atomic E-state index is -1.12. The summed E-state index contributed by atoms with van der Waals surface area (Å²) in [4.78, 5) is 4.53. The summed E-state index contributed by atoms with van der Waals surface area (Å²) in [5.41, 5.74) is -1.12. The van der Waals surface area contributed by atoms with Crippen LogP contribution in [0.3, 0.4) is 0 Å². The van der Waals surface area contributed by atoms with E-state index in [4.69, 9.17) is 9.15 Å². The third-order valence-electron chi connectivity index (χ3n) is 4.36. The van der Waals surface area contributed by atoms with Crippen LogP contribution in [0, 0.1) is 0 Å². The van der Waals surface area contributed by atoms with Gasteiger partial charge in [-0.1, -0.05) is 0 Å². The maximum absolute atomic E-state index is 10.5. The number of hydrogen-bond acceptors (Lipinski definition) is 5. The number of nitrogens with one attached hydrogen (secondary N) is 2. The van der Waals surface area contributed by atoms with E-state index in [9.17, 15) is 5.11 Å². The molecule has 0 aliphatic carbocycles. The average Bonchev–Trinajstić information content (AvgIpc) is 3.14. The van der Waals surface area contributed by atoms with Crippen LogP contribution in [0.1, 0.15) is 32.4 Å². The fourth-order valence-electron chi connectivity index (χ4n) is 2.68. The molecule has 0 amide bonds. The van der Waals surface area contributed by atoms with E-state index in [1.54, 1.807) is 25.3 Å². The van der Waals surface area contributed by atoms with Crippen molar-refractivity contribution in [2.75, 3.05) is 39.1 Å². The molecular weight excluding hydrogens is 453 g/mol. The predicted octanol–water partition coefficient (Wildman–Crippen LogP) is 2.57. The molecule has 0 bridgehead atoms. The van der Waals surface area contributed by atoms with Crippen LogP contribution in [0.5, 0.6) is 0 Å². The molecule has 1 aliphatic rings. The molecule has 8 heteroatoms. The van der Waals surface area contributed by atoms with E-state index < -0.39 is 5.60 Å². The second-order valence-electron chi connectivity index (χ2n) is 6.30. The quantitative estimate of drug-likeness (QED) is 0.315. The zero-order valence-corrected chi connectivity index (χ0v) is 18.4. The summed E-state index contributed by atoms with van der Waals surface area (Å²) in [6.45, 7) is 7.18. The Balaban J connectivity index is 0.00000312. The van der Waals surface area contributed by atoms with E-state index in [0.717, 1.165) is 39.1 Å². The van der Waals surface area contributed by atoms with Gasteiger partial charge in [-0.05, 0) is 45.1 Å². The molecule has 25 heavy (non-hydrogen) atoms. The van der Waals surface area contributed by atoms with Crippen molar-refractivity contribution in [3.05, 3.63) is 24.2 Å². The molecule has 1 aromatic heterocycles. The second kappa shape index (κ2) is 10.6. The number of ether oxygens (including phenoxy) is 1. The molecule has 1 saturated heterocycles. The van der Waals surface area contributed by atoms with Gasteiger partial charge in [-0.15, -0.1) is 24.0 Å². The summed E-state index contributed by atoms with van der Waals surface area (Å²) >= 11 is 1.89. The van der Waals surface area contributed by atoms with Crippen LogP contribution < -0.4 is 10.6 Å². The van der Waals surface area contributed by atoms with Gasteiger partial charge >= 0.3 is 0 Å². The summed E-state index contributed by atoms with van der Waals surface area (Å²) in [6, 6.07) is 3.53. The Labute approximate surface area is 171 Å². The first kappa shape index (κ1) is 22.6. The van der Waals surface area contributed by atoms with Crippen LogP contribution in [0.2, 0.25) is 0 Å². The van der Waals surface area contributed by atoms with Crippen LogP contribution in [0.25, 0.3) is 0 Å². The molecule has 1 unspecified atom stereocenters. The molecule has 1 fully saturated rings. The van der Waals surface area contributed by atoms with Crippen molar-refractivity contribution in [2.45, 2.75) is 37.0 Å². The van der Waals surface area contributed by atoms with Crippen molar-refractivity contribution in [1.29, 1.82) is 0 Å². The van der Waals surface area contributed by atoms with E-state index in [0.29, 0.717) is 11.7 Å². The zero-order chi connectivity index (χ0) is 17.5. The Morgan fingerprint density at radius 3 is 2.68 bits per heavy atom. The third kappa shape index (κ3) is 6.65.